The first-order valence-corrected chi connectivity index (χ1v) is 4.77. The van der Waals surface area contributed by atoms with Crippen molar-refractivity contribution in [1.29, 1.82) is 0 Å². The fourth-order valence-electron chi connectivity index (χ4n) is 3.11. The molecule has 2 saturated carbocycles. The Morgan fingerprint density at radius 3 is 2.09 bits per heavy atom. The van der Waals surface area contributed by atoms with Gasteiger partial charge < -0.3 is 0 Å². The molecular weight excluding hydrogens is 132 g/mol. The summed E-state index contributed by atoms with van der Waals surface area (Å²) in [6.07, 6.45) is 6.23. The summed E-state index contributed by atoms with van der Waals surface area (Å²) in [5.74, 6) is 4.32. The Morgan fingerprint density at radius 2 is 1.82 bits per heavy atom. The molecular formula is C11H22. The van der Waals surface area contributed by atoms with E-state index in [1.165, 1.54) is 0 Å². The van der Waals surface area contributed by atoms with Crippen molar-refractivity contribution in [2.24, 2.45) is 23.7 Å². The number of hydrogen-bond acceptors (Lipinski definition) is 0. The van der Waals surface area contributed by atoms with Crippen LogP contribution in [0.3, 0.4) is 0 Å². The van der Waals surface area contributed by atoms with E-state index in [4.69, 9.17) is 0 Å². The molecule has 0 heteroatoms. The van der Waals surface area contributed by atoms with Gasteiger partial charge in [0.25, 0.3) is 0 Å². The molecule has 0 N–H and O–H groups in total. The van der Waals surface area contributed by atoms with Crippen LogP contribution in [0.4, 0.5) is 0 Å². The minimum atomic E-state index is 0. The van der Waals surface area contributed by atoms with E-state index in [0.717, 1.165) is 23.7 Å². The van der Waals surface area contributed by atoms with Gasteiger partial charge in [0.2, 0.25) is 0 Å². The molecule has 0 aliphatic heterocycles. The standard InChI is InChI=1S/C10H18.CH4/c1-7(2)10-6-8-3-4-9(10)5-8;/h7-10H,3-6H2,1-2H3;1H4. The molecule has 3 unspecified atom stereocenters. The van der Waals surface area contributed by atoms with Gasteiger partial charge in [0.05, 0.1) is 0 Å². The summed E-state index contributed by atoms with van der Waals surface area (Å²) < 4.78 is 0. The molecule has 0 heterocycles. The first-order chi connectivity index (χ1) is 4.77. The van der Waals surface area contributed by atoms with E-state index in [1.807, 2.05) is 0 Å². The van der Waals surface area contributed by atoms with Gasteiger partial charge >= 0.3 is 0 Å². The molecule has 0 aromatic carbocycles. The van der Waals surface area contributed by atoms with Crippen LogP contribution in [0.2, 0.25) is 0 Å². The zero-order valence-corrected chi connectivity index (χ0v) is 7.14. The molecule has 0 radical (unpaired) electrons. The second-order valence-electron chi connectivity index (χ2n) is 4.58. The lowest BCUT2D eigenvalue weighted by Crippen LogP contribution is -2.15. The zero-order valence-electron chi connectivity index (χ0n) is 7.14. The van der Waals surface area contributed by atoms with Gasteiger partial charge in [0.15, 0.2) is 0 Å². The fourth-order valence-corrected chi connectivity index (χ4v) is 3.11. The molecule has 2 bridgehead atoms. The molecule has 2 aliphatic rings. The van der Waals surface area contributed by atoms with E-state index in [1.54, 1.807) is 25.7 Å². The number of rotatable bonds is 1. The van der Waals surface area contributed by atoms with E-state index in [2.05, 4.69) is 13.8 Å². The van der Waals surface area contributed by atoms with Crippen LogP contribution in [0.1, 0.15) is 47.0 Å². The van der Waals surface area contributed by atoms with Gasteiger partial charge in [-0.1, -0.05) is 27.7 Å². The van der Waals surface area contributed by atoms with E-state index >= 15 is 0 Å². The van der Waals surface area contributed by atoms with Crippen LogP contribution < -0.4 is 0 Å². The molecule has 2 rings (SSSR count). The lowest BCUT2D eigenvalue weighted by Gasteiger charge is -2.24. The summed E-state index contributed by atoms with van der Waals surface area (Å²) >= 11 is 0. The van der Waals surface area contributed by atoms with Crippen LogP contribution in [-0.4, -0.2) is 0 Å². The minimum Gasteiger partial charge on any atom is -0.0776 e. The highest BCUT2D eigenvalue weighted by atomic mass is 14.5. The third-order valence-corrected chi connectivity index (χ3v) is 3.65. The number of hydrogen-bond donors (Lipinski definition) is 0. The zero-order chi connectivity index (χ0) is 7.14. The maximum Gasteiger partial charge on any atom is -0.0360 e. The molecule has 66 valence electrons. The fraction of sp³-hybridized carbons (Fsp3) is 1.00. The smallest absolute Gasteiger partial charge is 0.0360 e. The van der Waals surface area contributed by atoms with Crippen molar-refractivity contribution >= 4 is 0 Å². The quantitative estimate of drug-likeness (QED) is 0.540. The van der Waals surface area contributed by atoms with Crippen molar-refractivity contribution < 1.29 is 0 Å². The largest absolute Gasteiger partial charge is 0.0776 e. The summed E-state index contributed by atoms with van der Waals surface area (Å²) in [4.78, 5) is 0. The van der Waals surface area contributed by atoms with Gasteiger partial charge in [-0.15, -0.1) is 0 Å². The Balaban J connectivity index is 0.000000605. The highest BCUT2D eigenvalue weighted by molar-refractivity contribution is 4.90. The molecule has 0 amide bonds. The maximum absolute atomic E-state index is 2.39. The predicted octanol–water partition coefficient (Wildman–Crippen LogP) is 3.71. The Hall–Kier alpha value is 0. The van der Waals surface area contributed by atoms with Gasteiger partial charge in [-0.3, -0.25) is 0 Å². The van der Waals surface area contributed by atoms with Gasteiger partial charge in [-0.05, 0) is 42.9 Å². The Bertz CT molecular complexity index is 126. The van der Waals surface area contributed by atoms with Gasteiger partial charge in [0.1, 0.15) is 0 Å². The lowest BCUT2D eigenvalue weighted by molar-refractivity contribution is 0.256. The van der Waals surface area contributed by atoms with Crippen molar-refractivity contribution in [2.45, 2.75) is 47.0 Å². The highest BCUT2D eigenvalue weighted by Gasteiger charge is 2.40. The Kier molecular flexibility index (Phi) is 2.61. The molecule has 11 heavy (non-hydrogen) atoms. The van der Waals surface area contributed by atoms with Crippen molar-refractivity contribution in [2.75, 3.05) is 0 Å². The molecule has 0 saturated heterocycles. The van der Waals surface area contributed by atoms with E-state index in [0.29, 0.717) is 0 Å². The van der Waals surface area contributed by atoms with E-state index in [-0.39, 0.29) is 7.43 Å². The van der Waals surface area contributed by atoms with Gasteiger partial charge in [0, 0.05) is 0 Å². The lowest BCUT2D eigenvalue weighted by atomic mass is 9.81. The molecule has 0 spiro atoms. The molecule has 0 aromatic rings. The molecule has 0 nitrogen and oxygen atoms in total. The van der Waals surface area contributed by atoms with Crippen LogP contribution in [0.25, 0.3) is 0 Å². The van der Waals surface area contributed by atoms with Gasteiger partial charge in [-0.2, -0.15) is 0 Å². The van der Waals surface area contributed by atoms with Crippen LogP contribution in [-0.2, 0) is 0 Å². The first kappa shape index (κ1) is 9.09. The third-order valence-electron chi connectivity index (χ3n) is 3.65. The van der Waals surface area contributed by atoms with Crippen LogP contribution in [0, 0.1) is 23.7 Å². The summed E-state index contributed by atoms with van der Waals surface area (Å²) in [5, 5.41) is 0. The molecule has 2 fully saturated rings. The van der Waals surface area contributed by atoms with Crippen molar-refractivity contribution in [3.8, 4) is 0 Å². The van der Waals surface area contributed by atoms with Crippen molar-refractivity contribution in [3.05, 3.63) is 0 Å². The summed E-state index contributed by atoms with van der Waals surface area (Å²) in [5.41, 5.74) is 0. The maximum atomic E-state index is 2.39. The third kappa shape index (κ3) is 1.45. The van der Waals surface area contributed by atoms with Crippen LogP contribution in [0.5, 0.6) is 0 Å². The van der Waals surface area contributed by atoms with E-state index in [9.17, 15) is 0 Å². The van der Waals surface area contributed by atoms with Crippen molar-refractivity contribution in [3.63, 3.8) is 0 Å². The summed E-state index contributed by atoms with van der Waals surface area (Å²) in [6, 6.07) is 0. The summed E-state index contributed by atoms with van der Waals surface area (Å²) in [6.45, 7) is 4.79. The topological polar surface area (TPSA) is 0 Å². The molecule has 3 atom stereocenters. The normalized spacial score (nSPS) is 41.2. The monoisotopic (exact) mass is 154 g/mol. The molecule has 0 aromatic heterocycles. The average Bonchev–Trinajstić information content (AvgIpc) is 2.44. The second-order valence-corrected chi connectivity index (χ2v) is 4.58. The minimum absolute atomic E-state index is 0. The van der Waals surface area contributed by atoms with Gasteiger partial charge in [-0.25, -0.2) is 0 Å². The van der Waals surface area contributed by atoms with Crippen LogP contribution in [0.15, 0.2) is 0 Å². The van der Waals surface area contributed by atoms with E-state index < -0.39 is 0 Å². The average molecular weight is 154 g/mol. The first-order valence-electron chi connectivity index (χ1n) is 4.77. The highest BCUT2D eigenvalue weighted by Crippen LogP contribution is 2.50. The number of fused-ring (bicyclic) bond motifs is 2. The second kappa shape index (κ2) is 3.16. The Morgan fingerprint density at radius 1 is 1.09 bits per heavy atom. The van der Waals surface area contributed by atoms with Crippen molar-refractivity contribution in [1.82, 2.24) is 0 Å². The van der Waals surface area contributed by atoms with Crippen LogP contribution >= 0.6 is 0 Å². The Labute approximate surface area is 71.4 Å². The SMILES string of the molecule is C.CC(C)C1CC2CCC1C2. The predicted molar refractivity (Wildman–Crippen MR) is 50.5 cm³/mol. The summed E-state index contributed by atoms with van der Waals surface area (Å²) in [7, 11) is 0. The molecule has 2 aliphatic carbocycles.